The first-order chi connectivity index (χ1) is 13.2. The fraction of sp³-hybridized carbons (Fsp3) is 0.333. The van der Waals surface area contributed by atoms with Crippen LogP contribution in [0.4, 0.5) is 5.82 Å². The zero-order valence-electron chi connectivity index (χ0n) is 15.1. The van der Waals surface area contributed by atoms with Gasteiger partial charge in [-0.25, -0.2) is 15.0 Å². The van der Waals surface area contributed by atoms with Crippen LogP contribution < -0.4 is 10.5 Å². The summed E-state index contributed by atoms with van der Waals surface area (Å²) >= 11 is 0. The van der Waals surface area contributed by atoms with Gasteiger partial charge in [0.1, 0.15) is 5.82 Å². The maximum Gasteiger partial charge on any atom is 0.252 e. The molecule has 2 aliphatic rings. The van der Waals surface area contributed by atoms with Crippen molar-refractivity contribution in [3.05, 3.63) is 70.5 Å². The Labute approximate surface area is 157 Å². The van der Waals surface area contributed by atoms with Crippen molar-refractivity contribution in [1.29, 1.82) is 0 Å². The maximum atomic E-state index is 11.7. The molecule has 1 aliphatic carbocycles. The molecule has 1 saturated heterocycles. The van der Waals surface area contributed by atoms with Crippen molar-refractivity contribution in [2.45, 2.75) is 31.1 Å². The third kappa shape index (κ3) is 2.81. The van der Waals surface area contributed by atoms with Crippen molar-refractivity contribution in [3.63, 3.8) is 0 Å². The molecule has 1 aromatic carbocycles. The number of nitrogens with one attached hydrogen (secondary N) is 1. The summed E-state index contributed by atoms with van der Waals surface area (Å²) in [6.07, 6.45) is 7.76. The molecule has 0 bridgehead atoms. The number of hydrogen-bond donors (Lipinski definition) is 1. The highest BCUT2D eigenvalue weighted by Gasteiger charge is 2.44. The fourth-order valence-corrected chi connectivity index (χ4v) is 4.52. The average Bonchev–Trinajstić information content (AvgIpc) is 3.06. The molecule has 1 N–H and O–H groups in total. The summed E-state index contributed by atoms with van der Waals surface area (Å²) in [6.45, 7) is 1.77. The molecule has 3 heterocycles. The molecule has 1 fully saturated rings. The summed E-state index contributed by atoms with van der Waals surface area (Å²) < 4.78 is 0. The molecular weight excluding hydrogens is 338 g/mol. The molecule has 1 spiro atoms. The number of hydrogen-bond acceptors (Lipinski definition) is 5. The molecule has 0 radical (unpaired) electrons. The Morgan fingerprint density at radius 1 is 1.11 bits per heavy atom. The van der Waals surface area contributed by atoms with Crippen LogP contribution in [0.1, 0.15) is 30.5 Å². The second kappa shape index (κ2) is 6.30. The summed E-state index contributed by atoms with van der Waals surface area (Å²) in [7, 11) is 0. The van der Waals surface area contributed by atoms with Crippen molar-refractivity contribution in [1.82, 2.24) is 19.9 Å². The van der Waals surface area contributed by atoms with Crippen molar-refractivity contribution in [2.75, 3.05) is 18.0 Å². The molecule has 27 heavy (non-hydrogen) atoms. The molecule has 2 aromatic heterocycles. The lowest BCUT2D eigenvalue weighted by Crippen LogP contribution is -2.46. The van der Waals surface area contributed by atoms with Crippen molar-refractivity contribution in [2.24, 2.45) is 0 Å². The van der Waals surface area contributed by atoms with Crippen molar-refractivity contribution >= 4 is 5.82 Å². The maximum absolute atomic E-state index is 11.7. The van der Waals surface area contributed by atoms with Crippen LogP contribution in [0.3, 0.4) is 0 Å². The predicted octanol–water partition coefficient (Wildman–Crippen LogP) is 2.71. The van der Waals surface area contributed by atoms with Gasteiger partial charge in [0.25, 0.3) is 5.56 Å². The van der Waals surface area contributed by atoms with Crippen LogP contribution in [0, 0.1) is 0 Å². The Bertz CT molecular complexity index is 1030. The van der Waals surface area contributed by atoms with Gasteiger partial charge in [-0.15, -0.1) is 0 Å². The van der Waals surface area contributed by atoms with E-state index < -0.39 is 0 Å². The number of nitrogens with zero attached hydrogens (tertiary/aromatic N) is 4. The van der Waals surface area contributed by atoms with Gasteiger partial charge in [-0.1, -0.05) is 30.3 Å². The molecule has 6 nitrogen and oxygen atoms in total. The second-order valence-corrected chi connectivity index (χ2v) is 7.51. The van der Waals surface area contributed by atoms with Crippen LogP contribution in [0.2, 0.25) is 0 Å². The van der Waals surface area contributed by atoms with E-state index in [9.17, 15) is 4.79 Å². The minimum atomic E-state index is -0.111. The Morgan fingerprint density at radius 3 is 2.85 bits per heavy atom. The first-order valence-electron chi connectivity index (χ1n) is 9.45. The summed E-state index contributed by atoms with van der Waals surface area (Å²) in [5, 5.41) is 0. The van der Waals surface area contributed by atoms with Gasteiger partial charge in [0, 0.05) is 36.3 Å². The normalized spacial score (nSPS) is 21.4. The molecule has 6 heteroatoms. The fourth-order valence-electron chi connectivity index (χ4n) is 4.52. The van der Waals surface area contributed by atoms with Gasteiger partial charge < -0.3 is 9.88 Å². The SMILES string of the molecule is O=c1cc(N2CCCC3(CCc4cnc(-c5ccccc5)nc43)C2)nc[nH]1. The molecule has 1 aliphatic heterocycles. The highest BCUT2D eigenvalue weighted by atomic mass is 16.1. The molecule has 5 rings (SSSR count). The molecule has 1 atom stereocenters. The first kappa shape index (κ1) is 16.2. The third-order valence-electron chi connectivity index (χ3n) is 5.84. The van der Waals surface area contributed by atoms with E-state index in [0.29, 0.717) is 0 Å². The van der Waals surface area contributed by atoms with E-state index in [1.807, 2.05) is 24.4 Å². The van der Waals surface area contributed by atoms with Crippen molar-refractivity contribution < 1.29 is 0 Å². The number of rotatable bonds is 2. The van der Waals surface area contributed by atoms with Gasteiger partial charge in [-0.05, 0) is 31.2 Å². The number of aromatic nitrogens is 4. The molecule has 1 unspecified atom stereocenters. The van der Waals surface area contributed by atoms with E-state index in [1.165, 1.54) is 17.6 Å². The van der Waals surface area contributed by atoms with E-state index >= 15 is 0 Å². The lowest BCUT2D eigenvalue weighted by atomic mass is 9.77. The van der Waals surface area contributed by atoms with Gasteiger partial charge >= 0.3 is 0 Å². The smallest absolute Gasteiger partial charge is 0.252 e. The number of anilines is 1. The number of aryl methyl sites for hydroxylation is 1. The van der Waals surface area contributed by atoms with Gasteiger partial charge in [0.05, 0.1) is 12.0 Å². The standard InChI is InChI=1S/C21H21N5O/c27-18-11-17(23-14-24-18)26-10-4-8-21(13-26)9-7-16-12-22-20(25-19(16)21)15-5-2-1-3-6-15/h1-3,5-6,11-12,14H,4,7-10,13H2,(H,23,24,27). The molecule has 0 amide bonds. The minimum absolute atomic E-state index is 0.0182. The number of aromatic amines is 1. The summed E-state index contributed by atoms with van der Waals surface area (Å²) in [6, 6.07) is 11.7. The van der Waals surface area contributed by atoms with E-state index in [1.54, 1.807) is 6.07 Å². The monoisotopic (exact) mass is 359 g/mol. The highest BCUT2D eigenvalue weighted by Crippen LogP contribution is 2.44. The van der Waals surface area contributed by atoms with E-state index in [4.69, 9.17) is 4.98 Å². The Hall–Kier alpha value is -3.02. The number of piperidine rings is 1. The zero-order valence-corrected chi connectivity index (χ0v) is 15.1. The van der Waals surface area contributed by atoms with Crippen LogP contribution in [-0.2, 0) is 11.8 Å². The van der Waals surface area contributed by atoms with Crippen LogP contribution in [0.25, 0.3) is 11.4 Å². The van der Waals surface area contributed by atoms with E-state index in [0.717, 1.165) is 56.0 Å². The lowest BCUT2D eigenvalue weighted by Gasteiger charge is -2.41. The Kier molecular flexibility index (Phi) is 3.77. The summed E-state index contributed by atoms with van der Waals surface area (Å²) in [5.41, 5.74) is 3.40. The number of H-pyrrole nitrogens is 1. The van der Waals surface area contributed by atoms with Gasteiger partial charge in [-0.3, -0.25) is 4.79 Å². The third-order valence-corrected chi connectivity index (χ3v) is 5.84. The van der Waals surface area contributed by atoms with Crippen LogP contribution in [0.15, 0.2) is 53.7 Å². The number of fused-ring (bicyclic) bond motifs is 2. The second-order valence-electron chi connectivity index (χ2n) is 7.51. The average molecular weight is 359 g/mol. The molecular formula is C21H21N5O. The quantitative estimate of drug-likeness (QED) is 0.761. The molecule has 136 valence electrons. The van der Waals surface area contributed by atoms with E-state index in [-0.39, 0.29) is 11.0 Å². The van der Waals surface area contributed by atoms with E-state index in [2.05, 4.69) is 32.0 Å². The Balaban J connectivity index is 1.52. The first-order valence-corrected chi connectivity index (χ1v) is 9.45. The van der Waals surface area contributed by atoms with Crippen LogP contribution >= 0.6 is 0 Å². The van der Waals surface area contributed by atoms with Crippen LogP contribution in [-0.4, -0.2) is 33.0 Å². The minimum Gasteiger partial charge on any atom is -0.355 e. The van der Waals surface area contributed by atoms with Gasteiger partial charge in [0.2, 0.25) is 0 Å². The molecule has 3 aromatic rings. The summed E-state index contributed by atoms with van der Waals surface area (Å²) in [4.78, 5) is 30.5. The largest absolute Gasteiger partial charge is 0.355 e. The highest BCUT2D eigenvalue weighted by molar-refractivity contribution is 5.56. The van der Waals surface area contributed by atoms with Crippen LogP contribution in [0.5, 0.6) is 0 Å². The Morgan fingerprint density at radius 2 is 2.00 bits per heavy atom. The van der Waals surface area contributed by atoms with Gasteiger partial charge in [0.15, 0.2) is 5.82 Å². The predicted molar refractivity (Wildman–Crippen MR) is 104 cm³/mol. The lowest BCUT2D eigenvalue weighted by molar-refractivity contribution is 0.333. The topological polar surface area (TPSA) is 74.8 Å². The molecule has 0 saturated carbocycles. The number of benzene rings is 1. The van der Waals surface area contributed by atoms with Crippen molar-refractivity contribution in [3.8, 4) is 11.4 Å². The summed E-state index contributed by atoms with van der Waals surface area (Å²) in [5.74, 6) is 1.55. The van der Waals surface area contributed by atoms with Gasteiger partial charge in [-0.2, -0.15) is 0 Å². The zero-order chi connectivity index (χ0) is 18.3.